The van der Waals surface area contributed by atoms with Gasteiger partial charge in [0.05, 0.1) is 9.92 Å². The van der Waals surface area contributed by atoms with E-state index in [9.17, 15) is 8.78 Å². The fourth-order valence-corrected chi connectivity index (χ4v) is 1.85. The van der Waals surface area contributed by atoms with Crippen LogP contribution in [0.3, 0.4) is 0 Å². The molecule has 0 radical (unpaired) electrons. The van der Waals surface area contributed by atoms with Gasteiger partial charge in [0.25, 0.3) is 0 Å². The molecule has 0 N–H and O–H groups in total. The third-order valence-corrected chi connectivity index (χ3v) is 2.61. The molecule has 0 heterocycles. The molecule has 0 spiro atoms. The molecule has 1 aromatic rings. The Morgan fingerprint density at radius 1 is 1.46 bits per heavy atom. The largest absolute Gasteiger partial charge is 0.434 e. The van der Waals surface area contributed by atoms with Crippen molar-refractivity contribution in [1.82, 2.24) is 0 Å². The zero-order chi connectivity index (χ0) is 9.84. The summed E-state index contributed by atoms with van der Waals surface area (Å²) in [5.41, 5.74) is 0. The van der Waals surface area contributed by atoms with Crippen molar-refractivity contribution in [2.24, 2.45) is 0 Å². The lowest BCUT2D eigenvalue weighted by Crippen LogP contribution is -2.02. The maximum Gasteiger partial charge on any atom is 0.387 e. The Morgan fingerprint density at radius 2 is 2.15 bits per heavy atom. The molecule has 1 nitrogen and oxygen atoms in total. The van der Waals surface area contributed by atoms with Gasteiger partial charge >= 0.3 is 6.61 Å². The SMILES string of the molecule is CSc1c(Cl)cccc1OC(F)F. The number of hydrogen-bond donors (Lipinski definition) is 0. The van der Waals surface area contributed by atoms with Gasteiger partial charge in [-0.2, -0.15) is 8.78 Å². The summed E-state index contributed by atoms with van der Waals surface area (Å²) >= 11 is 7.04. The van der Waals surface area contributed by atoms with Crippen LogP contribution in [-0.2, 0) is 0 Å². The average Bonchev–Trinajstić information content (AvgIpc) is 2.03. The van der Waals surface area contributed by atoms with Gasteiger partial charge in [-0.1, -0.05) is 17.7 Å². The second kappa shape index (κ2) is 4.67. The number of hydrogen-bond acceptors (Lipinski definition) is 2. The van der Waals surface area contributed by atoms with Gasteiger partial charge in [0, 0.05) is 0 Å². The van der Waals surface area contributed by atoms with Crippen LogP contribution in [0, 0.1) is 0 Å². The molecule has 5 heteroatoms. The van der Waals surface area contributed by atoms with Crippen molar-refractivity contribution in [3.63, 3.8) is 0 Å². The zero-order valence-corrected chi connectivity index (χ0v) is 8.33. The van der Waals surface area contributed by atoms with E-state index in [1.807, 2.05) is 0 Å². The van der Waals surface area contributed by atoms with Gasteiger partial charge in [0.15, 0.2) is 0 Å². The van der Waals surface area contributed by atoms with Crippen LogP contribution in [0.4, 0.5) is 8.78 Å². The molecule has 1 rings (SSSR count). The van der Waals surface area contributed by atoms with Crippen molar-refractivity contribution >= 4 is 23.4 Å². The third-order valence-electron chi connectivity index (χ3n) is 1.35. The quantitative estimate of drug-likeness (QED) is 0.725. The summed E-state index contributed by atoms with van der Waals surface area (Å²) in [7, 11) is 0. The van der Waals surface area contributed by atoms with Crippen LogP contribution in [-0.4, -0.2) is 12.9 Å². The van der Waals surface area contributed by atoms with E-state index in [-0.39, 0.29) is 5.75 Å². The van der Waals surface area contributed by atoms with Gasteiger partial charge in [0.1, 0.15) is 5.75 Å². The van der Waals surface area contributed by atoms with Crippen LogP contribution < -0.4 is 4.74 Å². The Labute approximate surface area is 84.0 Å². The molecule has 0 fully saturated rings. The van der Waals surface area contributed by atoms with E-state index >= 15 is 0 Å². The Balaban J connectivity index is 2.98. The molecule has 0 bridgehead atoms. The maximum atomic E-state index is 11.9. The molecule has 0 saturated carbocycles. The second-order valence-electron chi connectivity index (χ2n) is 2.15. The average molecular weight is 225 g/mol. The first-order valence-electron chi connectivity index (χ1n) is 3.42. The molecule has 13 heavy (non-hydrogen) atoms. The minimum absolute atomic E-state index is 0.120. The summed E-state index contributed by atoms with van der Waals surface area (Å²) in [6.45, 7) is -2.82. The van der Waals surface area contributed by atoms with Crippen molar-refractivity contribution in [1.29, 1.82) is 0 Å². The molecule has 0 atom stereocenters. The van der Waals surface area contributed by atoms with Crippen molar-refractivity contribution in [2.45, 2.75) is 11.5 Å². The Bertz CT molecular complexity index is 293. The summed E-state index contributed by atoms with van der Waals surface area (Å²) in [5.74, 6) is 0.120. The molecule has 72 valence electrons. The third kappa shape index (κ3) is 2.74. The van der Waals surface area contributed by atoms with E-state index < -0.39 is 6.61 Å². The molecule has 0 amide bonds. The van der Waals surface area contributed by atoms with Gasteiger partial charge in [0.2, 0.25) is 0 Å². The summed E-state index contributed by atoms with van der Waals surface area (Å²) in [4.78, 5) is 0.532. The minimum Gasteiger partial charge on any atom is -0.434 e. The highest BCUT2D eigenvalue weighted by Crippen LogP contribution is 2.34. The van der Waals surface area contributed by atoms with Crippen LogP contribution in [0.1, 0.15) is 0 Å². The van der Waals surface area contributed by atoms with Gasteiger partial charge in [-0.15, -0.1) is 11.8 Å². The van der Waals surface area contributed by atoms with E-state index in [2.05, 4.69) is 4.74 Å². The lowest BCUT2D eigenvalue weighted by atomic mass is 10.3. The number of alkyl halides is 2. The van der Waals surface area contributed by atoms with Crippen LogP contribution in [0.25, 0.3) is 0 Å². The number of rotatable bonds is 3. The molecular formula is C8H7ClF2OS. The van der Waals surface area contributed by atoms with Crippen LogP contribution >= 0.6 is 23.4 Å². The highest BCUT2D eigenvalue weighted by atomic mass is 35.5. The molecule has 0 saturated heterocycles. The number of halogens is 3. The molecule has 0 aliphatic carbocycles. The normalized spacial score (nSPS) is 10.5. The first kappa shape index (κ1) is 10.6. The zero-order valence-electron chi connectivity index (χ0n) is 6.76. The van der Waals surface area contributed by atoms with E-state index in [1.165, 1.54) is 17.8 Å². The van der Waals surface area contributed by atoms with E-state index in [1.54, 1.807) is 18.4 Å². The van der Waals surface area contributed by atoms with Crippen LogP contribution in [0.5, 0.6) is 5.75 Å². The Morgan fingerprint density at radius 3 is 2.69 bits per heavy atom. The second-order valence-corrected chi connectivity index (χ2v) is 3.37. The molecule has 1 aromatic carbocycles. The smallest absolute Gasteiger partial charge is 0.387 e. The number of benzene rings is 1. The van der Waals surface area contributed by atoms with E-state index in [0.29, 0.717) is 9.92 Å². The van der Waals surface area contributed by atoms with Crippen molar-refractivity contribution in [2.75, 3.05) is 6.26 Å². The van der Waals surface area contributed by atoms with Gasteiger partial charge in [-0.25, -0.2) is 0 Å². The van der Waals surface area contributed by atoms with E-state index in [4.69, 9.17) is 11.6 Å². The summed E-state index contributed by atoms with van der Waals surface area (Å²) in [6, 6.07) is 4.66. The molecule has 0 unspecified atom stereocenters. The first-order valence-corrected chi connectivity index (χ1v) is 5.02. The summed E-state index contributed by atoms with van der Waals surface area (Å²) in [6.07, 6.45) is 1.75. The highest BCUT2D eigenvalue weighted by Gasteiger charge is 2.11. The fraction of sp³-hybridized carbons (Fsp3) is 0.250. The van der Waals surface area contributed by atoms with Crippen molar-refractivity contribution < 1.29 is 13.5 Å². The molecule has 0 aromatic heterocycles. The lowest BCUT2D eigenvalue weighted by molar-refractivity contribution is -0.0516. The number of thioether (sulfide) groups is 1. The van der Waals surface area contributed by atoms with E-state index in [0.717, 1.165) is 0 Å². The monoisotopic (exact) mass is 224 g/mol. The van der Waals surface area contributed by atoms with Crippen LogP contribution in [0.2, 0.25) is 5.02 Å². The Kier molecular flexibility index (Phi) is 3.81. The predicted molar refractivity (Wildman–Crippen MR) is 49.9 cm³/mol. The topological polar surface area (TPSA) is 9.23 Å². The Hall–Kier alpha value is -0.480. The molecule has 0 aliphatic heterocycles. The number of ether oxygens (including phenoxy) is 1. The maximum absolute atomic E-state index is 11.9. The predicted octanol–water partition coefficient (Wildman–Crippen LogP) is 3.66. The highest BCUT2D eigenvalue weighted by molar-refractivity contribution is 7.98. The van der Waals surface area contributed by atoms with Crippen molar-refractivity contribution in [3.05, 3.63) is 23.2 Å². The molecular weight excluding hydrogens is 218 g/mol. The first-order chi connectivity index (χ1) is 6.15. The van der Waals surface area contributed by atoms with Crippen molar-refractivity contribution in [3.8, 4) is 5.75 Å². The molecule has 0 aliphatic rings. The minimum atomic E-state index is -2.82. The fourth-order valence-electron chi connectivity index (χ4n) is 0.876. The van der Waals surface area contributed by atoms with Gasteiger partial charge in [-0.05, 0) is 18.4 Å². The standard InChI is InChI=1S/C8H7ClF2OS/c1-13-7-5(9)3-2-4-6(7)12-8(10)11/h2-4,8H,1H3. The lowest BCUT2D eigenvalue weighted by Gasteiger charge is -2.09. The summed E-state index contributed by atoms with van der Waals surface area (Å²) < 4.78 is 28.1. The summed E-state index contributed by atoms with van der Waals surface area (Å²) in [5, 5.41) is 0.422. The van der Waals surface area contributed by atoms with Gasteiger partial charge < -0.3 is 4.74 Å². The van der Waals surface area contributed by atoms with Crippen LogP contribution in [0.15, 0.2) is 23.1 Å². The van der Waals surface area contributed by atoms with Gasteiger partial charge in [-0.3, -0.25) is 0 Å².